The summed E-state index contributed by atoms with van der Waals surface area (Å²) in [4.78, 5) is 0. The summed E-state index contributed by atoms with van der Waals surface area (Å²) in [6.07, 6.45) is 6.74. The molecular formula is C18H11Br3. The molecule has 0 amide bonds. The van der Waals surface area contributed by atoms with Crippen LogP contribution in [-0.2, 0) is 12.8 Å². The molecule has 0 radical (unpaired) electrons. The predicted molar refractivity (Wildman–Crippen MR) is 99.3 cm³/mol. The summed E-state index contributed by atoms with van der Waals surface area (Å²) in [5, 5.41) is 0. The minimum atomic E-state index is 1.03. The van der Waals surface area contributed by atoms with Crippen LogP contribution in [0.3, 0.4) is 0 Å². The number of fused-ring (bicyclic) bond motifs is 2. The third-order valence-electron chi connectivity index (χ3n) is 4.12. The molecule has 2 aliphatic rings. The van der Waals surface area contributed by atoms with E-state index < -0.39 is 0 Å². The van der Waals surface area contributed by atoms with E-state index in [0.717, 1.165) is 26.3 Å². The summed E-state index contributed by atoms with van der Waals surface area (Å²) in [7, 11) is 0. The van der Waals surface area contributed by atoms with Gasteiger partial charge in [-0.15, -0.1) is 0 Å². The van der Waals surface area contributed by atoms with Crippen LogP contribution in [0.4, 0.5) is 0 Å². The van der Waals surface area contributed by atoms with Crippen molar-refractivity contribution in [2.75, 3.05) is 0 Å². The van der Waals surface area contributed by atoms with E-state index in [1.165, 1.54) is 33.4 Å². The van der Waals surface area contributed by atoms with Crippen molar-refractivity contribution in [2.45, 2.75) is 12.8 Å². The zero-order chi connectivity index (χ0) is 14.6. The van der Waals surface area contributed by atoms with Crippen LogP contribution in [0.2, 0.25) is 0 Å². The Morgan fingerprint density at radius 3 is 2.05 bits per heavy atom. The molecule has 0 atom stereocenters. The minimum Gasteiger partial charge on any atom is -0.0536 e. The fourth-order valence-corrected chi connectivity index (χ4v) is 4.22. The van der Waals surface area contributed by atoms with Crippen molar-refractivity contribution >= 4 is 59.9 Å². The van der Waals surface area contributed by atoms with Crippen LogP contribution in [-0.4, -0.2) is 0 Å². The first-order valence-corrected chi connectivity index (χ1v) is 9.16. The van der Waals surface area contributed by atoms with Crippen molar-refractivity contribution < 1.29 is 0 Å². The van der Waals surface area contributed by atoms with E-state index in [2.05, 4.69) is 90.3 Å². The fourth-order valence-electron chi connectivity index (χ4n) is 3.06. The van der Waals surface area contributed by atoms with Crippen LogP contribution in [0.15, 0.2) is 54.9 Å². The Hall–Kier alpha value is -0.640. The standard InChI is InChI=1S/C18H11Br3/c19-16-2-1-10-3-11(4-13(10)7-16)12-5-14-8-17(20)18(21)9-15(14)6-12/h1-3,5,7-9H,4,6H2. The highest BCUT2D eigenvalue weighted by atomic mass is 79.9. The van der Waals surface area contributed by atoms with Crippen molar-refractivity contribution in [3.63, 3.8) is 0 Å². The van der Waals surface area contributed by atoms with E-state index in [4.69, 9.17) is 0 Å². The maximum atomic E-state index is 3.59. The van der Waals surface area contributed by atoms with E-state index in [0.29, 0.717) is 0 Å². The number of benzene rings is 2. The highest BCUT2D eigenvalue weighted by molar-refractivity contribution is 9.13. The zero-order valence-electron chi connectivity index (χ0n) is 11.1. The van der Waals surface area contributed by atoms with E-state index in [1.54, 1.807) is 0 Å². The Kier molecular flexibility index (Phi) is 3.48. The van der Waals surface area contributed by atoms with Gasteiger partial charge in [0.05, 0.1) is 0 Å². The Bertz CT molecular complexity index is 829. The highest BCUT2D eigenvalue weighted by Gasteiger charge is 2.21. The van der Waals surface area contributed by atoms with Crippen LogP contribution in [0.1, 0.15) is 22.3 Å². The van der Waals surface area contributed by atoms with Gasteiger partial charge in [0.2, 0.25) is 0 Å². The SMILES string of the molecule is Brc1ccc2c(c1)CC(C1=Cc3cc(Br)c(Br)cc3C1)=C2. The number of allylic oxidation sites excluding steroid dienone is 2. The minimum absolute atomic E-state index is 1.03. The van der Waals surface area contributed by atoms with Gasteiger partial charge in [0, 0.05) is 13.4 Å². The smallest absolute Gasteiger partial charge is 0.0323 e. The molecule has 2 aromatic rings. The van der Waals surface area contributed by atoms with Crippen LogP contribution in [0.5, 0.6) is 0 Å². The Morgan fingerprint density at radius 2 is 1.29 bits per heavy atom. The molecule has 104 valence electrons. The summed E-state index contributed by atoms with van der Waals surface area (Å²) < 4.78 is 3.40. The molecule has 0 nitrogen and oxygen atoms in total. The number of rotatable bonds is 1. The molecule has 0 N–H and O–H groups in total. The molecular weight excluding hydrogens is 456 g/mol. The molecule has 0 heterocycles. The summed E-state index contributed by atoms with van der Waals surface area (Å²) in [6.45, 7) is 0. The van der Waals surface area contributed by atoms with E-state index in [-0.39, 0.29) is 0 Å². The third kappa shape index (κ3) is 2.49. The van der Waals surface area contributed by atoms with Gasteiger partial charge in [-0.1, -0.05) is 34.1 Å². The van der Waals surface area contributed by atoms with Gasteiger partial charge in [0.1, 0.15) is 0 Å². The van der Waals surface area contributed by atoms with Crippen LogP contribution in [0.25, 0.3) is 12.2 Å². The maximum Gasteiger partial charge on any atom is 0.0323 e. The second-order valence-corrected chi connectivity index (χ2v) is 8.13. The lowest BCUT2D eigenvalue weighted by Gasteiger charge is -2.04. The topological polar surface area (TPSA) is 0 Å². The average molecular weight is 467 g/mol. The number of hydrogen-bond donors (Lipinski definition) is 0. The first kappa shape index (κ1) is 14.0. The lowest BCUT2D eigenvalue weighted by Crippen LogP contribution is -1.91. The largest absolute Gasteiger partial charge is 0.0536 e. The average Bonchev–Trinajstić information content (AvgIpc) is 3.02. The van der Waals surface area contributed by atoms with Crippen molar-refractivity contribution in [3.05, 3.63) is 77.2 Å². The number of hydrogen-bond acceptors (Lipinski definition) is 0. The lowest BCUT2D eigenvalue weighted by molar-refractivity contribution is 1.13. The molecule has 0 aliphatic heterocycles. The molecule has 0 saturated carbocycles. The van der Waals surface area contributed by atoms with Gasteiger partial charge >= 0.3 is 0 Å². The third-order valence-corrected chi connectivity index (χ3v) is 6.46. The van der Waals surface area contributed by atoms with Crippen LogP contribution >= 0.6 is 47.8 Å². The lowest BCUT2D eigenvalue weighted by atomic mass is 10.0. The monoisotopic (exact) mass is 464 g/mol. The van der Waals surface area contributed by atoms with Gasteiger partial charge in [-0.25, -0.2) is 0 Å². The molecule has 0 spiro atoms. The van der Waals surface area contributed by atoms with Crippen LogP contribution < -0.4 is 0 Å². The van der Waals surface area contributed by atoms with Gasteiger partial charge in [0.15, 0.2) is 0 Å². The fraction of sp³-hybridized carbons (Fsp3) is 0.111. The zero-order valence-corrected chi connectivity index (χ0v) is 15.8. The van der Waals surface area contributed by atoms with Gasteiger partial charge in [0.25, 0.3) is 0 Å². The molecule has 0 bridgehead atoms. The van der Waals surface area contributed by atoms with E-state index in [1.807, 2.05) is 0 Å². The molecule has 0 saturated heterocycles. The Labute approximate surface area is 149 Å². The summed E-state index contributed by atoms with van der Waals surface area (Å²) in [6, 6.07) is 11.0. The normalized spacial score (nSPS) is 15.6. The second kappa shape index (κ2) is 5.22. The van der Waals surface area contributed by atoms with Gasteiger partial charge in [-0.3, -0.25) is 0 Å². The Morgan fingerprint density at radius 1 is 0.667 bits per heavy atom. The molecule has 3 heteroatoms. The van der Waals surface area contributed by atoms with E-state index in [9.17, 15) is 0 Å². The summed E-state index contributed by atoms with van der Waals surface area (Å²) >= 11 is 10.7. The first-order valence-electron chi connectivity index (χ1n) is 6.78. The Balaban J connectivity index is 1.68. The van der Waals surface area contributed by atoms with Crippen molar-refractivity contribution in [2.24, 2.45) is 0 Å². The van der Waals surface area contributed by atoms with Crippen LogP contribution in [0, 0.1) is 0 Å². The van der Waals surface area contributed by atoms with Crippen molar-refractivity contribution in [1.29, 1.82) is 0 Å². The van der Waals surface area contributed by atoms with E-state index >= 15 is 0 Å². The van der Waals surface area contributed by atoms with Crippen molar-refractivity contribution in [3.8, 4) is 0 Å². The molecule has 0 fully saturated rings. The maximum absolute atomic E-state index is 3.59. The van der Waals surface area contributed by atoms with Gasteiger partial charge < -0.3 is 0 Å². The second-order valence-electron chi connectivity index (χ2n) is 5.50. The summed E-state index contributed by atoms with van der Waals surface area (Å²) in [5.74, 6) is 0. The first-order chi connectivity index (χ1) is 10.1. The summed E-state index contributed by atoms with van der Waals surface area (Å²) in [5.41, 5.74) is 8.40. The molecule has 21 heavy (non-hydrogen) atoms. The predicted octanol–water partition coefficient (Wildman–Crippen LogP) is 6.55. The molecule has 2 aliphatic carbocycles. The molecule has 4 rings (SSSR count). The molecule has 0 aromatic heterocycles. The molecule has 2 aromatic carbocycles. The highest BCUT2D eigenvalue weighted by Crippen LogP contribution is 2.39. The van der Waals surface area contributed by atoms with Gasteiger partial charge in [-0.05, 0) is 102 Å². The van der Waals surface area contributed by atoms with Crippen molar-refractivity contribution in [1.82, 2.24) is 0 Å². The molecule has 0 unspecified atom stereocenters. The quantitative estimate of drug-likeness (QED) is 0.447. The van der Waals surface area contributed by atoms with Gasteiger partial charge in [-0.2, -0.15) is 0 Å². The number of halogens is 3.